The van der Waals surface area contributed by atoms with Gasteiger partial charge >= 0.3 is 0 Å². The second-order valence-corrected chi connectivity index (χ2v) is 10.8. The fraction of sp³-hybridized carbons (Fsp3) is 0.760. The molecule has 0 saturated carbocycles. The maximum Gasteiger partial charge on any atom is 0.227 e. The van der Waals surface area contributed by atoms with Crippen molar-refractivity contribution in [1.82, 2.24) is 0 Å². The van der Waals surface area contributed by atoms with Gasteiger partial charge in [0.15, 0.2) is 0 Å². The predicted octanol–water partition coefficient (Wildman–Crippen LogP) is 2.40. The van der Waals surface area contributed by atoms with E-state index in [9.17, 15) is 20.4 Å². The van der Waals surface area contributed by atoms with Crippen LogP contribution in [0.5, 0.6) is 11.5 Å². The van der Waals surface area contributed by atoms with Gasteiger partial charge in [-0.1, -0.05) is 6.92 Å². The van der Waals surface area contributed by atoms with Gasteiger partial charge in [-0.15, -0.1) is 0 Å². The van der Waals surface area contributed by atoms with Gasteiger partial charge in [0.2, 0.25) is 11.6 Å². The molecule has 0 aromatic heterocycles. The fourth-order valence-corrected chi connectivity index (χ4v) is 5.79. The Hall–Kier alpha value is -1.42. The lowest BCUT2D eigenvalue weighted by Crippen LogP contribution is -2.95. The van der Waals surface area contributed by atoms with Crippen molar-refractivity contribution >= 4 is 0 Å². The number of phenols is 1. The van der Waals surface area contributed by atoms with Crippen LogP contribution >= 0.6 is 0 Å². The number of rotatable bonds is 5. The summed E-state index contributed by atoms with van der Waals surface area (Å²) < 4.78 is 24.5. The first-order chi connectivity index (χ1) is 15.1. The maximum atomic E-state index is 11.5. The van der Waals surface area contributed by atoms with Gasteiger partial charge in [-0.05, 0) is 78.9 Å². The number of benzene rings is 1. The van der Waals surface area contributed by atoms with Gasteiger partial charge in [0, 0.05) is 11.1 Å². The van der Waals surface area contributed by atoms with E-state index in [0.29, 0.717) is 18.6 Å². The molecule has 8 heteroatoms. The zero-order valence-electron chi connectivity index (χ0n) is 21.0. The Labute approximate surface area is 195 Å². The molecule has 3 saturated heterocycles. The third-order valence-corrected chi connectivity index (χ3v) is 8.84. The third-order valence-electron chi connectivity index (χ3n) is 8.84. The standard InChI is InChI=1S/C25H38O8/c1-9-16-14(2)18(27)15(3)17-10-11-20(4,31-19(16)17)13-30-24(8)21(5,28)23(7)22(6,29)25(12-26,32-23)33-24/h26-29H,9-13H2,1-8H3/t20?,21?,22-,23+,24-,25?/m0/s1. The monoisotopic (exact) mass is 466 g/mol. The molecule has 4 aliphatic heterocycles. The zero-order valence-corrected chi connectivity index (χ0v) is 21.0. The molecule has 33 heavy (non-hydrogen) atoms. The van der Waals surface area contributed by atoms with Crippen molar-refractivity contribution in [3.05, 3.63) is 22.3 Å². The summed E-state index contributed by atoms with van der Waals surface area (Å²) in [5.74, 6) is -2.16. The van der Waals surface area contributed by atoms with Gasteiger partial charge in [-0.2, -0.15) is 0 Å². The van der Waals surface area contributed by atoms with Gasteiger partial charge in [0.1, 0.15) is 40.5 Å². The van der Waals surface area contributed by atoms with Gasteiger partial charge < -0.3 is 39.4 Å². The van der Waals surface area contributed by atoms with Crippen LogP contribution < -0.4 is 4.74 Å². The minimum atomic E-state index is -1.74. The van der Waals surface area contributed by atoms with E-state index < -0.39 is 40.6 Å². The first-order valence-corrected chi connectivity index (χ1v) is 11.7. The summed E-state index contributed by atoms with van der Waals surface area (Å²) in [5, 5.41) is 43.0. The molecule has 5 rings (SSSR count). The third kappa shape index (κ3) is 2.85. The summed E-state index contributed by atoms with van der Waals surface area (Å²) in [7, 11) is 0. The van der Waals surface area contributed by atoms with Crippen LogP contribution in [0.3, 0.4) is 0 Å². The van der Waals surface area contributed by atoms with Crippen LogP contribution in [0.4, 0.5) is 0 Å². The summed E-state index contributed by atoms with van der Waals surface area (Å²) in [6.45, 7) is 13.5. The van der Waals surface area contributed by atoms with E-state index in [1.807, 2.05) is 27.7 Å². The molecule has 1 aromatic carbocycles. The molecular formula is C25H38O8. The average Bonchev–Trinajstić information content (AvgIpc) is 2.75. The van der Waals surface area contributed by atoms with Crippen molar-refractivity contribution in [2.75, 3.05) is 13.2 Å². The first kappa shape index (κ1) is 24.7. The molecule has 4 N–H and O–H groups in total. The van der Waals surface area contributed by atoms with Crippen molar-refractivity contribution in [3.8, 4) is 11.5 Å². The fourth-order valence-electron chi connectivity index (χ4n) is 5.79. The second-order valence-electron chi connectivity index (χ2n) is 10.8. The number of aromatic hydroxyl groups is 1. The Morgan fingerprint density at radius 3 is 2.15 bits per heavy atom. The lowest BCUT2D eigenvalue weighted by molar-refractivity contribution is -0.605. The topological polar surface area (TPSA) is 118 Å². The maximum absolute atomic E-state index is 11.5. The van der Waals surface area contributed by atoms with Crippen molar-refractivity contribution in [2.45, 2.75) is 109 Å². The molecule has 1 aromatic rings. The molecule has 0 spiro atoms. The van der Waals surface area contributed by atoms with E-state index in [1.54, 1.807) is 13.8 Å². The van der Waals surface area contributed by atoms with E-state index in [1.165, 1.54) is 13.8 Å². The number of phenolic OH excluding ortho intramolecular Hbond substituents is 1. The zero-order chi connectivity index (χ0) is 24.8. The highest BCUT2D eigenvalue weighted by molar-refractivity contribution is 5.59. The van der Waals surface area contributed by atoms with Crippen molar-refractivity contribution in [2.24, 2.45) is 0 Å². The Morgan fingerprint density at radius 2 is 1.61 bits per heavy atom. The Morgan fingerprint density at radius 1 is 0.970 bits per heavy atom. The molecule has 6 atom stereocenters. The average molecular weight is 467 g/mol. The summed E-state index contributed by atoms with van der Waals surface area (Å²) in [5.41, 5.74) is -1.85. The Kier molecular flexibility index (Phi) is 5.28. The quantitative estimate of drug-likeness (QED) is 0.523. The lowest BCUT2D eigenvalue weighted by atomic mass is 9.59. The molecule has 4 aliphatic rings. The van der Waals surface area contributed by atoms with Crippen LogP contribution in [0.1, 0.15) is 70.2 Å². The van der Waals surface area contributed by atoms with Crippen LogP contribution in [0, 0.1) is 13.8 Å². The van der Waals surface area contributed by atoms with Gasteiger partial charge in [0.25, 0.3) is 0 Å². The normalized spacial score (nSPS) is 44.1. The number of ether oxygens (including phenoxy) is 4. The van der Waals surface area contributed by atoms with E-state index in [4.69, 9.17) is 18.9 Å². The molecule has 0 aliphatic carbocycles. The summed E-state index contributed by atoms with van der Waals surface area (Å²) in [6, 6.07) is 0. The van der Waals surface area contributed by atoms with Crippen LogP contribution in [-0.4, -0.2) is 67.6 Å². The lowest BCUT2D eigenvalue weighted by Gasteiger charge is -2.75. The molecule has 4 heterocycles. The highest BCUT2D eigenvalue weighted by Gasteiger charge is 2.86. The van der Waals surface area contributed by atoms with Crippen LogP contribution in [0.2, 0.25) is 0 Å². The van der Waals surface area contributed by atoms with E-state index in [2.05, 4.69) is 0 Å². The van der Waals surface area contributed by atoms with Gasteiger partial charge in [-0.3, -0.25) is 0 Å². The van der Waals surface area contributed by atoms with E-state index >= 15 is 0 Å². The Bertz CT molecular complexity index is 964. The van der Waals surface area contributed by atoms with E-state index in [0.717, 1.165) is 34.4 Å². The Balaban J connectivity index is 1.62. The number of aliphatic hydroxyl groups is 3. The van der Waals surface area contributed by atoms with Crippen molar-refractivity contribution in [1.29, 1.82) is 0 Å². The molecule has 8 nitrogen and oxygen atoms in total. The summed E-state index contributed by atoms with van der Waals surface area (Å²) in [4.78, 5) is 0. The van der Waals surface area contributed by atoms with Gasteiger partial charge in [0.05, 0.1) is 6.61 Å². The molecule has 3 unspecified atom stereocenters. The molecule has 0 radical (unpaired) electrons. The van der Waals surface area contributed by atoms with Crippen LogP contribution in [0.25, 0.3) is 0 Å². The number of fused-ring (bicyclic) bond motifs is 3. The number of hydrogen-bond acceptors (Lipinski definition) is 8. The van der Waals surface area contributed by atoms with Crippen LogP contribution in [-0.2, 0) is 27.1 Å². The largest absolute Gasteiger partial charge is 0.507 e. The first-order valence-electron chi connectivity index (χ1n) is 11.7. The van der Waals surface area contributed by atoms with Crippen LogP contribution in [0.15, 0.2) is 0 Å². The van der Waals surface area contributed by atoms with Crippen molar-refractivity contribution < 1.29 is 39.4 Å². The van der Waals surface area contributed by atoms with Gasteiger partial charge in [-0.25, -0.2) is 0 Å². The molecule has 3 fully saturated rings. The number of hydrogen-bond donors (Lipinski definition) is 4. The number of aliphatic hydroxyl groups excluding tert-OH is 1. The highest BCUT2D eigenvalue weighted by Crippen LogP contribution is 2.65. The molecular weight excluding hydrogens is 428 g/mol. The minimum Gasteiger partial charge on any atom is -0.507 e. The SMILES string of the molecule is CCc1c(C)c(O)c(C)c2c1OC(C)(CO[C@@]1(C)OC3(CO)O[C@](C)(C1(C)O)[C@]3(C)O)CC2. The predicted molar refractivity (Wildman–Crippen MR) is 120 cm³/mol. The highest BCUT2D eigenvalue weighted by atomic mass is 16.9. The van der Waals surface area contributed by atoms with Crippen molar-refractivity contribution in [3.63, 3.8) is 0 Å². The molecule has 0 amide bonds. The molecule has 2 bridgehead atoms. The summed E-state index contributed by atoms with van der Waals surface area (Å²) in [6.07, 6.45) is 2.07. The second kappa shape index (κ2) is 7.06. The van der Waals surface area contributed by atoms with E-state index in [-0.39, 0.29) is 6.61 Å². The summed E-state index contributed by atoms with van der Waals surface area (Å²) >= 11 is 0. The minimum absolute atomic E-state index is 0.0982. The smallest absolute Gasteiger partial charge is 0.227 e. The molecule has 186 valence electrons.